The molecule has 0 aromatic carbocycles. The summed E-state index contributed by atoms with van der Waals surface area (Å²) in [5.74, 6) is 0. The van der Waals surface area contributed by atoms with Gasteiger partial charge >= 0.3 is 0 Å². The fourth-order valence-electron chi connectivity index (χ4n) is 3.08. The Hall–Kier alpha value is -0.0800. The minimum atomic E-state index is 0.530. The van der Waals surface area contributed by atoms with Crippen molar-refractivity contribution >= 4 is 0 Å². The van der Waals surface area contributed by atoms with Gasteiger partial charge in [0.15, 0.2) is 0 Å². The topological polar surface area (TPSA) is 21.3 Å². The van der Waals surface area contributed by atoms with E-state index in [1.807, 2.05) is 0 Å². The normalized spacial score (nSPS) is 21.9. The van der Waals surface area contributed by atoms with E-state index < -0.39 is 0 Å². The Morgan fingerprint density at radius 2 is 1.94 bits per heavy atom. The number of hydrogen-bond donors (Lipinski definition) is 1. The molecule has 1 unspecified atom stereocenters. The Kier molecular flexibility index (Phi) is 6.37. The highest BCUT2D eigenvalue weighted by Crippen LogP contribution is 2.40. The fraction of sp³-hybridized carbons (Fsp3) is 1.00. The van der Waals surface area contributed by atoms with Gasteiger partial charge in [-0.1, -0.05) is 33.1 Å². The maximum atomic E-state index is 5.16. The van der Waals surface area contributed by atoms with Crippen LogP contribution in [0.3, 0.4) is 0 Å². The third-order valence-electron chi connectivity index (χ3n) is 4.13. The van der Waals surface area contributed by atoms with Gasteiger partial charge in [0.05, 0.1) is 0 Å². The van der Waals surface area contributed by atoms with Crippen LogP contribution < -0.4 is 5.32 Å². The number of hydrogen-bond acceptors (Lipinski definition) is 2. The van der Waals surface area contributed by atoms with Crippen LogP contribution in [0.2, 0.25) is 0 Å². The van der Waals surface area contributed by atoms with Crippen LogP contribution in [0.25, 0.3) is 0 Å². The molecule has 0 heterocycles. The van der Waals surface area contributed by atoms with Gasteiger partial charge in [0.25, 0.3) is 0 Å². The lowest BCUT2D eigenvalue weighted by molar-refractivity contribution is 0.124. The second kappa shape index (κ2) is 7.29. The Morgan fingerprint density at radius 1 is 1.25 bits per heavy atom. The molecule has 1 atom stereocenters. The van der Waals surface area contributed by atoms with E-state index in [-0.39, 0.29) is 0 Å². The average molecular weight is 227 g/mol. The van der Waals surface area contributed by atoms with Crippen molar-refractivity contribution in [3.8, 4) is 0 Å². The SMILES string of the molecule is CCNC(CCCOC)C1(C)CCCCC1. The van der Waals surface area contributed by atoms with Crippen molar-refractivity contribution in [1.82, 2.24) is 5.32 Å². The van der Waals surface area contributed by atoms with Crippen LogP contribution in [0.1, 0.15) is 58.8 Å². The lowest BCUT2D eigenvalue weighted by Crippen LogP contribution is -2.44. The molecule has 1 N–H and O–H groups in total. The summed E-state index contributed by atoms with van der Waals surface area (Å²) < 4.78 is 5.16. The summed E-state index contributed by atoms with van der Waals surface area (Å²) >= 11 is 0. The van der Waals surface area contributed by atoms with E-state index in [1.165, 1.54) is 44.9 Å². The molecule has 0 aromatic rings. The van der Waals surface area contributed by atoms with Crippen LogP contribution in [-0.2, 0) is 4.74 Å². The zero-order chi connectivity index (χ0) is 11.9. The molecule has 96 valence electrons. The van der Waals surface area contributed by atoms with Crippen molar-refractivity contribution in [2.45, 2.75) is 64.8 Å². The molecule has 1 saturated carbocycles. The van der Waals surface area contributed by atoms with Crippen molar-refractivity contribution < 1.29 is 4.74 Å². The largest absolute Gasteiger partial charge is 0.385 e. The van der Waals surface area contributed by atoms with Crippen LogP contribution >= 0.6 is 0 Å². The molecule has 2 nitrogen and oxygen atoms in total. The van der Waals surface area contributed by atoms with Crippen LogP contribution in [0, 0.1) is 5.41 Å². The van der Waals surface area contributed by atoms with E-state index in [0.717, 1.165) is 13.2 Å². The van der Waals surface area contributed by atoms with Gasteiger partial charge < -0.3 is 10.1 Å². The minimum Gasteiger partial charge on any atom is -0.385 e. The van der Waals surface area contributed by atoms with Crippen molar-refractivity contribution in [3.63, 3.8) is 0 Å². The van der Waals surface area contributed by atoms with E-state index in [0.29, 0.717) is 11.5 Å². The van der Waals surface area contributed by atoms with Gasteiger partial charge in [-0.25, -0.2) is 0 Å². The number of nitrogens with one attached hydrogen (secondary N) is 1. The Morgan fingerprint density at radius 3 is 2.50 bits per heavy atom. The Bertz CT molecular complexity index is 176. The van der Waals surface area contributed by atoms with E-state index in [1.54, 1.807) is 7.11 Å². The van der Waals surface area contributed by atoms with Gasteiger partial charge in [0.2, 0.25) is 0 Å². The quantitative estimate of drug-likeness (QED) is 0.673. The summed E-state index contributed by atoms with van der Waals surface area (Å²) in [5, 5.41) is 3.70. The molecule has 0 amide bonds. The molecule has 2 heteroatoms. The summed E-state index contributed by atoms with van der Waals surface area (Å²) in [4.78, 5) is 0. The highest BCUT2D eigenvalue weighted by atomic mass is 16.5. The molecule has 1 aliphatic rings. The van der Waals surface area contributed by atoms with Gasteiger partial charge in [0.1, 0.15) is 0 Å². The maximum Gasteiger partial charge on any atom is 0.0462 e. The maximum absolute atomic E-state index is 5.16. The Labute approximate surface area is 101 Å². The molecule has 0 bridgehead atoms. The first-order chi connectivity index (χ1) is 7.73. The number of rotatable bonds is 7. The smallest absolute Gasteiger partial charge is 0.0462 e. The van der Waals surface area contributed by atoms with Gasteiger partial charge in [-0.2, -0.15) is 0 Å². The van der Waals surface area contributed by atoms with Crippen molar-refractivity contribution in [3.05, 3.63) is 0 Å². The van der Waals surface area contributed by atoms with E-state index in [4.69, 9.17) is 4.74 Å². The first-order valence-electron chi connectivity index (χ1n) is 6.95. The lowest BCUT2D eigenvalue weighted by atomic mass is 9.69. The lowest BCUT2D eigenvalue weighted by Gasteiger charge is -2.41. The molecule has 16 heavy (non-hydrogen) atoms. The van der Waals surface area contributed by atoms with Crippen molar-refractivity contribution in [2.75, 3.05) is 20.3 Å². The summed E-state index contributed by atoms with van der Waals surface area (Å²) in [7, 11) is 1.80. The number of ether oxygens (including phenoxy) is 1. The van der Waals surface area contributed by atoms with Gasteiger partial charge in [0, 0.05) is 19.8 Å². The zero-order valence-corrected chi connectivity index (χ0v) is 11.3. The summed E-state index contributed by atoms with van der Waals surface area (Å²) in [6.45, 7) is 6.69. The predicted molar refractivity (Wildman–Crippen MR) is 69.8 cm³/mol. The summed E-state index contributed by atoms with van der Waals surface area (Å²) in [6, 6.07) is 0.688. The van der Waals surface area contributed by atoms with Gasteiger partial charge in [-0.05, 0) is 37.6 Å². The Balaban J connectivity index is 2.45. The second-order valence-electron chi connectivity index (χ2n) is 5.46. The van der Waals surface area contributed by atoms with Crippen LogP contribution in [0.4, 0.5) is 0 Å². The third kappa shape index (κ3) is 4.06. The molecule has 1 fully saturated rings. The zero-order valence-electron chi connectivity index (χ0n) is 11.3. The molecule has 0 saturated heterocycles. The minimum absolute atomic E-state index is 0.530. The van der Waals surface area contributed by atoms with Crippen LogP contribution in [0.15, 0.2) is 0 Å². The average Bonchev–Trinajstić information content (AvgIpc) is 2.29. The van der Waals surface area contributed by atoms with Crippen LogP contribution in [-0.4, -0.2) is 26.3 Å². The first kappa shape index (κ1) is 14.0. The molecular weight excluding hydrogens is 198 g/mol. The molecule has 0 spiro atoms. The highest BCUT2D eigenvalue weighted by Gasteiger charge is 2.34. The second-order valence-corrected chi connectivity index (χ2v) is 5.46. The molecule has 0 radical (unpaired) electrons. The standard InChI is InChI=1S/C14H29NO/c1-4-15-13(9-8-12-16-3)14(2)10-6-5-7-11-14/h13,15H,4-12H2,1-3H3. The van der Waals surface area contributed by atoms with E-state index in [2.05, 4.69) is 19.2 Å². The van der Waals surface area contributed by atoms with E-state index in [9.17, 15) is 0 Å². The molecular formula is C14H29NO. The number of methoxy groups -OCH3 is 1. The fourth-order valence-corrected chi connectivity index (χ4v) is 3.08. The van der Waals surface area contributed by atoms with Crippen LogP contribution in [0.5, 0.6) is 0 Å². The monoisotopic (exact) mass is 227 g/mol. The molecule has 1 aliphatic carbocycles. The highest BCUT2D eigenvalue weighted by molar-refractivity contribution is 4.89. The third-order valence-corrected chi connectivity index (χ3v) is 4.13. The van der Waals surface area contributed by atoms with Crippen molar-refractivity contribution in [1.29, 1.82) is 0 Å². The first-order valence-corrected chi connectivity index (χ1v) is 6.95. The summed E-state index contributed by atoms with van der Waals surface area (Å²) in [6.07, 6.45) is 9.52. The van der Waals surface area contributed by atoms with Crippen molar-refractivity contribution in [2.24, 2.45) is 5.41 Å². The molecule has 0 aliphatic heterocycles. The molecule has 1 rings (SSSR count). The summed E-state index contributed by atoms with van der Waals surface area (Å²) in [5.41, 5.74) is 0.530. The predicted octanol–water partition coefficient (Wildman–Crippen LogP) is 3.36. The molecule has 0 aromatic heterocycles. The van der Waals surface area contributed by atoms with Gasteiger partial charge in [-0.3, -0.25) is 0 Å². The van der Waals surface area contributed by atoms with E-state index >= 15 is 0 Å². The van der Waals surface area contributed by atoms with Gasteiger partial charge in [-0.15, -0.1) is 0 Å².